The van der Waals surface area contributed by atoms with Crippen LogP contribution in [0.1, 0.15) is 25.1 Å². The van der Waals surface area contributed by atoms with E-state index in [1.807, 2.05) is 79.3 Å². The Morgan fingerprint density at radius 3 is 2.30 bits per heavy atom. The van der Waals surface area contributed by atoms with Crippen LogP contribution >= 0.6 is 23.3 Å². The second-order valence-electron chi connectivity index (χ2n) is 10.2. The van der Waals surface area contributed by atoms with E-state index in [4.69, 9.17) is 19.6 Å². The average molecular weight is 621 g/mol. The number of hydrogen-bond donors (Lipinski definition) is 0. The molecule has 0 unspecified atom stereocenters. The number of rotatable bonds is 4. The largest absolute Gasteiger partial charge is 0.373 e. The first-order valence-corrected chi connectivity index (χ1v) is 15.7. The van der Waals surface area contributed by atoms with Gasteiger partial charge in [0, 0.05) is 24.6 Å². The first-order valence-electron chi connectivity index (χ1n) is 13.3. The maximum atomic E-state index is 15.5. The molecule has 0 spiro atoms. The van der Waals surface area contributed by atoms with Crippen molar-refractivity contribution in [2.24, 2.45) is 9.74 Å². The number of ether oxygens (including phenoxy) is 1. The van der Waals surface area contributed by atoms with E-state index >= 15 is 4.39 Å². The molecule has 1 aromatic heterocycles. The number of aliphatic imine (C=N–C) groups is 1. The highest BCUT2D eigenvalue weighted by molar-refractivity contribution is 9.10. The summed E-state index contributed by atoms with van der Waals surface area (Å²) >= 11 is 3.74. The van der Waals surface area contributed by atoms with Gasteiger partial charge in [0.25, 0.3) is 0 Å². The number of morpholine rings is 1. The third-order valence-electron chi connectivity index (χ3n) is 7.25. The van der Waals surface area contributed by atoms with Crippen molar-refractivity contribution in [2.45, 2.75) is 33.0 Å². The summed E-state index contributed by atoms with van der Waals surface area (Å²) in [5.41, 5.74) is 2.98. The zero-order valence-electron chi connectivity index (χ0n) is 22.9. The molecule has 10 heteroatoms. The first kappa shape index (κ1) is 27.1. The van der Waals surface area contributed by atoms with Crippen LogP contribution in [0.15, 0.2) is 93.1 Å². The van der Waals surface area contributed by atoms with Gasteiger partial charge in [0.15, 0.2) is 13.2 Å². The number of benzene rings is 3. The second kappa shape index (κ2) is 10.7. The Kier molecular flexibility index (Phi) is 7.25. The smallest absolute Gasteiger partial charge is 0.170 e. The monoisotopic (exact) mass is 620 g/mol. The normalized spacial score (nSPS) is 23.1. The summed E-state index contributed by atoms with van der Waals surface area (Å²) in [4.78, 5) is 5.15. The fourth-order valence-electron chi connectivity index (χ4n) is 5.61. The molecule has 3 atom stereocenters. The molecule has 206 valence electrons. The fourth-order valence-corrected chi connectivity index (χ4v) is 10.1. The van der Waals surface area contributed by atoms with E-state index in [1.165, 1.54) is 6.07 Å². The van der Waals surface area contributed by atoms with Crippen molar-refractivity contribution in [1.82, 2.24) is 19.1 Å². The van der Waals surface area contributed by atoms with Gasteiger partial charge in [-0.05, 0) is 73.1 Å². The maximum absolute atomic E-state index is 15.5. The third-order valence-corrected chi connectivity index (χ3v) is 11.7. The molecule has 0 radical (unpaired) electrons. The summed E-state index contributed by atoms with van der Waals surface area (Å²) in [6, 6.07) is 24.7. The minimum absolute atomic E-state index is 0.00728. The van der Waals surface area contributed by atoms with Gasteiger partial charge in [0.2, 0.25) is 0 Å². The van der Waals surface area contributed by atoms with E-state index in [0.29, 0.717) is 30.3 Å². The number of nitrogens with zero attached hydrogens (tertiary/aromatic N) is 6. The molecule has 1 saturated heterocycles. The standard InChI is InChI=1S/C30H31BrFN6OP/c1-20-18-37(19-21(2)39-20)40(35-27-17-11-9-15-25(27)31)28-22(3)34-38(23-12-6-5-7-13-23)30(28)33-29(36(40)4)24-14-8-10-16-26(24)32/h5-17,20-21H,18-19H2,1-4H3/t20-,21+,40-/m1/s1. The molecule has 6 rings (SSSR count). The van der Waals surface area contributed by atoms with Gasteiger partial charge in [0.05, 0.1) is 40.1 Å². The van der Waals surface area contributed by atoms with E-state index in [-0.39, 0.29) is 18.0 Å². The molecule has 4 aromatic rings. The van der Waals surface area contributed by atoms with Crippen molar-refractivity contribution in [2.75, 3.05) is 20.1 Å². The van der Waals surface area contributed by atoms with Crippen molar-refractivity contribution in [3.05, 3.63) is 100 Å². The maximum Gasteiger partial charge on any atom is 0.170 e. The highest BCUT2D eigenvalue weighted by Crippen LogP contribution is 2.62. The van der Waals surface area contributed by atoms with Crippen LogP contribution < -0.4 is 5.30 Å². The van der Waals surface area contributed by atoms with Crippen LogP contribution in [0.2, 0.25) is 0 Å². The Balaban J connectivity index is 1.74. The lowest BCUT2D eigenvalue weighted by Crippen LogP contribution is -2.50. The fraction of sp³-hybridized carbons (Fsp3) is 0.267. The molecular weight excluding hydrogens is 590 g/mol. The van der Waals surface area contributed by atoms with E-state index in [9.17, 15) is 0 Å². The summed E-state index contributed by atoms with van der Waals surface area (Å²) in [7, 11) is -0.856. The SMILES string of the molecule is Cc1nn(-c2ccccc2)c2c1[P@](=Nc1ccccc1Br)(N1C[C@@H](C)O[C@@H](C)C1)N(C)C(c1ccccc1F)=N2. The van der Waals surface area contributed by atoms with Crippen molar-refractivity contribution in [3.8, 4) is 5.69 Å². The van der Waals surface area contributed by atoms with Gasteiger partial charge in [-0.25, -0.2) is 23.5 Å². The van der Waals surface area contributed by atoms with Gasteiger partial charge >= 0.3 is 0 Å². The summed E-state index contributed by atoms with van der Waals surface area (Å²) in [6.07, 6.45) is -0.0146. The molecule has 2 aliphatic rings. The van der Waals surface area contributed by atoms with Gasteiger partial charge in [0.1, 0.15) is 11.7 Å². The van der Waals surface area contributed by atoms with E-state index < -0.39 is 7.36 Å². The molecular formula is C30H31BrFN6OP. The summed E-state index contributed by atoms with van der Waals surface area (Å²) < 4.78 is 34.6. The van der Waals surface area contributed by atoms with Crippen molar-refractivity contribution in [3.63, 3.8) is 0 Å². The molecule has 2 aliphatic heterocycles. The molecule has 0 aliphatic carbocycles. The number of aryl methyl sites for hydroxylation is 1. The van der Waals surface area contributed by atoms with E-state index in [2.05, 4.69) is 39.1 Å². The Morgan fingerprint density at radius 2 is 1.60 bits per heavy atom. The van der Waals surface area contributed by atoms with Crippen LogP contribution in [0.5, 0.6) is 0 Å². The zero-order valence-corrected chi connectivity index (χ0v) is 25.3. The van der Waals surface area contributed by atoms with Gasteiger partial charge in [-0.2, -0.15) is 5.10 Å². The van der Waals surface area contributed by atoms with Crippen LogP contribution in [-0.2, 0) is 4.74 Å². The van der Waals surface area contributed by atoms with Crippen LogP contribution in [0.3, 0.4) is 0 Å². The van der Waals surface area contributed by atoms with Crippen LogP contribution in [0, 0.1) is 12.7 Å². The summed E-state index contributed by atoms with van der Waals surface area (Å²) in [6.45, 7) is 7.53. The number of fused-ring (bicyclic) bond motifs is 1. The molecule has 3 aromatic carbocycles. The minimum atomic E-state index is -2.85. The number of para-hydroxylation sites is 1. The lowest BCUT2D eigenvalue weighted by molar-refractivity contribution is -0.0442. The molecule has 7 nitrogen and oxygen atoms in total. The second-order valence-corrected chi connectivity index (χ2v) is 14.0. The number of hydrogen-bond acceptors (Lipinski definition) is 4. The highest BCUT2D eigenvalue weighted by atomic mass is 79.9. The molecule has 0 saturated carbocycles. The van der Waals surface area contributed by atoms with Gasteiger partial charge in [-0.3, -0.25) is 0 Å². The first-order chi connectivity index (χ1) is 19.3. The molecule has 0 amide bonds. The molecule has 1 fully saturated rings. The lowest BCUT2D eigenvalue weighted by Gasteiger charge is -2.49. The Labute approximate surface area is 242 Å². The minimum Gasteiger partial charge on any atom is -0.373 e. The van der Waals surface area contributed by atoms with Crippen LogP contribution in [0.4, 0.5) is 15.9 Å². The molecule has 0 N–H and O–H groups in total. The van der Waals surface area contributed by atoms with Crippen molar-refractivity contribution >= 4 is 45.9 Å². The molecule has 3 heterocycles. The van der Waals surface area contributed by atoms with E-state index in [1.54, 1.807) is 12.1 Å². The predicted molar refractivity (Wildman–Crippen MR) is 163 cm³/mol. The van der Waals surface area contributed by atoms with Gasteiger partial charge < -0.3 is 9.41 Å². The Hall–Kier alpha value is -3.10. The van der Waals surface area contributed by atoms with E-state index in [0.717, 1.165) is 26.8 Å². The lowest BCUT2D eigenvalue weighted by atomic mass is 10.2. The van der Waals surface area contributed by atoms with Crippen molar-refractivity contribution in [1.29, 1.82) is 0 Å². The summed E-state index contributed by atoms with van der Waals surface area (Å²) in [5, 5.41) is 6.00. The zero-order chi connectivity index (χ0) is 28.0. The summed E-state index contributed by atoms with van der Waals surface area (Å²) in [5.74, 6) is 0.872. The Morgan fingerprint density at radius 1 is 0.950 bits per heavy atom. The number of amidine groups is 1. The third kappa shape index (κ3) is 4.55. The average Bonchev–Trinajstić information content (AvgIpc) is 3.28. The topological polar surface area (TPSA) is 58.3 Å². The number of aromatic nitrogens is 2. The predicted octanol–water partition coefficient (Wildman–Crippen LogP) is 7.20. The van der Waals surface area contributed by atoms with Gasteiger partial charge in [-0.15, -0.1) is 0 Å². The van der Waals surface area contributed by atoms with Crippen molar-refractivity contribution < 1.29 is 9.13 Å². The van der Waals surface area contributed by atoms with Crippen LogP contribution in [0.25, 0.3) is 5.69 Å². The number of halogens is 2. The molecule has 40 heavy (non-hydrogen) atoms. The molecule has 0 bridgehead atoms. The van der Waals surface area contributed by atoms with Crippen LogP contribution in [-0.4, -0.2) is 57.3 Å². The van der Waals surface area contributed by atoms with Gasteiger partial charge in [-0.1, -0.05) is 42.5 Å². The highest BCUT2D eigenvalue weighted by Gasteiger charge is 2.47. The quantitative estimate of drug-likeness (QED) is 0.226. The Bertz CT molecular complexity index is 1650.